The third-order valence-corrected chi connectivity index (χ3v) is 3.73. The normalized spacial score (nSPS) is 10.3. The maximum absolute atomic E-state index is 10.8. The van der Waals surface area contributed by atoms with Crippen LogP contribution in [0, 0.1) is 6.92 Å². The van der Waals surface area contributed by atoms with Crippen molar-refractivity contribution in [3.8, 4) is 11.5 Å². The Hall–Kier alpha value is -1.33. The fourth-order valence-electron chi connectivity index (χ4n) is 1.52. The molecule has 0 aliphatic rings. The minimum atomic E-state index is -0.969. The number of aromatic carboxylic acids is 1. The highest BCUT2D eigenvalue weighted by Gasteiger charge is 2.09. The zero-order chi connectivity index (χ0) is 14.0. The number of carbonyl (C=O) groups is 1. The number of hydrogen-bond donors (Lipinski definition) is 1. The lowest BCUT2D eigenvalue weighted by atomic mass is 10.2. The number of rotatable bonds is 3. The van der Waals surface area contributed by atoms with Crippen LogP contribution in [0.25, 0.3) is 0 Å². The molecule has 0 saturated carbocycles. The smallest absolute Gasteiger partial charge is 0.335 e. The molecule has 2 aromatic carbocycles. The van der Waals surface area contributed by atoms with Crippen LogP contribution in [0.4, 0.5) is 0 Å². The molecule has 0 aliphatic carbocycles. The van der Waals surface area contributed by atoms with Crippen molar-refractivity contribution >= 4 is 37.8 Å². The second kappa shape index (κ2) is 5.75. The van der Waals surface area contributed by atoms with E-state index in [0.29, 0.717) is 16.0 Å². The van der Waals surface area contributed by atoms with Gasteiger partial charge in [-0.1, -0.05) is 6.07 Å². The summed E-state index contributed by atoms with van der Waals surface area (Å²) in [6, 6.07) is 10.4. The van der Waals surface area contributed by atoms with E-state index in [9.17, 15) is 4.79 Å². The Kier molecular flexibility index (Phi) is 4.27. The van der Waals surface area contributed by atoms with Gasteiger partial charge in [-0.15, -0.1) is 0 Å². The van der Waals surface area contributed by atoms with Gasteiger partial charge in [0.1, 0.15) is 11.5 Å². The Labute approximate surface area is 127 Å². The Bertz CT molecular complexity index is 639. The van der Waals surface area contributed by atoms with Crippen LogP contribution in [0.1, 0.15) is 15.9 Å². The average molecular weight is 386 g/mol. The zero-order valence-corrected chi connectivity index (χ0v) is 13.2. The summed E-state index contributed by atoms with van der Waals surface area (Å²) in [7, 11) is 0. The van der Waals surface area contributed by atoms with E-state index < -0.39 is 5.97 Å². The van der Waals surface area contributed by atoms with Crippen LogP contribution in [-0.4, -0.2) is 11.1 Å². The molecule has 0 bridgehead atoms. The van der Waals surface area contributed by atoms with Gasteiger partial charge in [0.2, 0.25) is 0 Å². The third kappa shape index (κ3) is 3.36. The number of halogens is 2. The maximum atomic E-state index is 10.8. The summed E-state index contributed by atoms with van der Waals surface area (Å²) in [6.07, 6.45) is 0. The minimum absolute atomic E-state index is 0.210. The van der Waals surface area contributed by atoms with Crippen LogP contribution >= 0.6 is 31.9 Å². The van der Waals surface area contributed by atoms with Gasteiger partial charge in [0.15, 0.2) is 0 Å². The van der Waals surface area contributed by atoms with Crippen molar-refractivity contribution in [3.05, 3.63) is 56.5 Å². The Morgan fingerprint density at radius 3 is 2.16 bits per heavy atom. The molecule has 2 aromatic rings. The van der Waals surface area contributed by atoms with Crippen molar-refractivity contribution in [3.63, 3.8) is 0 Å². The van der Waals surface area contributed by atoms with E-state index in [0.717, 1.165) is 10.0 Å². The molecule has 0 radical (unpaired) electrons. The Morgan fingerprint density at radius 1 is 1.05 bits per heavy atom. The van der Waals surface area contributed by atoms with E-state index in [1.54, 1.807) is 6.07 Å². The molecule has 98 valence electrons. The molecule has 0 atom stereocenters. The van der Waals surface area contributed by atoms with Gasteiger partial charge in [0, 0.05) is 0 Å². The molecule has 0 fully saturated rings. The molecule has 2 rings (SSSR count). The van der Waals surface area contributed by atoms with Crippen molar-refractivity contribution in [2.24, 2.45) is 0 Å². The summed E-state index contributed by atoms with van der Waals surface area (Å²) in [6.45, 7) is 1.99. The average Bonchev–Trinajstić information content (AvgIpc) is 2.34. The van der Waals surface area contributed by atoms with Crippen LogP contribution in [-0.2, 0) is 0 Å². The minimum Gasteiger partial charge on any atom is -0.478 e. The second-order valence-corrected chi connectivity index (χ2v) is 5.69. The topological polar surface area (TPSA) is 46.5 Å². The molecular formula is C14H10Br2O3. The van der Waals surface area contributed by atoms with Crippen molar-refractivity contribution in [1.82, 2.24) is 0 Å². The SMILES string of the molecule is Cc1ccc(Oc2ccc(C(=O)O)cc2Br)c(Br)c1. The van der Waals surface area contributed by atoms with Crippen molar-refractivity contribution in [1.29, 1.82) is 0 Å². The molecule has 0 aromatic heterocycles. The second-order valence-electron chi connectivity index (χ2n) is 3.99. The quantitative estimate of drug-likeness (QED) is 0.807. The van der Waals surface area contributed by atoms with E-state index in [2.05, 4.69) is 31.9 Å². The standard InChI is InChI=1S/C14H10Br2O3/c1-8-2-4-12(10(15)6-8)19-13-5-3-9(14(17)18)7-11(13)16/h2-7H,1H3,(H,17,18). The van der Waals surface area contributed by atoms with Crippen LogP contribution < -0.4 is 4.74 Å². The fraction of sp³-hybridized carbons (Fsp3) is 0.0714. The summed E-state index contributed by atoms with van der Waals surface area (Å²) >= 11 is 6.74. The molecule has 0 saturated heterocycles. The zero-order valence-electron chi connectivity index (χ0n) is 9.98. The van der Waals surface area contributed by atoms with Crippen LogP contribution in [0.3, 0.4) is 0 Å². The van der Waals surface area contributed by atoms with E-state index in [-0.39, 0.29) is 5.56 Å². The molecule has 3 nitrogen and oxygen atoms in total. The van der Waals surface area contributed by atoms with Gasteiger partial charge in [0.25, 0.3) is 0 Å². The third-order valence-electron chi connectivity index (χ3n) is 2.49. The van der Waals surface area contributed by atoms with Crippen molar-refractivity contribution in [2.45, 2.75) is 6.92 Å². The molecule has 19 heavy (non-hydrogen) atoms. The van der Waals surface area contributed by atoms with Gasteiger partial charge >= 0.3 is 5.97 Å². The summed E-state index contributed by atoms with van der Waals surface area (Å²) in [5, 5.41) is 8.90. The molecule has 0 heterocycles. The van der Waals surface area contributed by atoms with E-state index in [4.69, 9.17) is 9.84 Å². The highest BCUT2D eigenvalue weighted by Crippen LogP contribution is 2.34. The van der Waals surface area contributed by atoms with E-state index in [1.807, 2.05) is 25.1 Å². The molecule has 0 spiro atoms. The van der Waals surface area contributed by atoms with Gasteiger partial charge in [0.05, 0.1) is 14.5 Å². The van der Waals surface area contributed by atoms with Crippen LogP contribution in [0.15, 0.2) is 45.3 Å². The van der Waals surface area contributed by atoms with Crippen LogP contribution in [0.2, 0.25) is 0 Å². The summed E-state index contributed by atoms with van der Waals surface area (Å²) in [5.74, 6) is 0.271. The molecular weight excluding hydrogens is 376 g/mol. The van der Waals surface area contributed by atoms with Gasteiger partial charge in [-0.3, -0.25) is 0 Å². The Balaban J connectivity index is 2.31. The predicted molar refractivity (Wildman–Crippen MR) is 80.1 cm³/mol. The number of benzene rings is 2. The van der Waals surface area contributed by atoms with Crippen molar-refractivity contribution in [2.75, 3.05) is 0 Å². The molecule has 5 heteroatoms. The lowest BCUT2D eigenvalue weighted by Crippen LogP contribution is -1.96. The summed E-state index contributed by atoms with van der Waals surface area (Å²) in [5.41, 5.74) is 1.33. The van der Waals surface area contributed by atoms with Crippen LogP contribution in [0.5, 0.6) is 11.5 Å². The van der Waals surface area contributed by atoms with E-state index in [1.165, 1.54) is 12.1 Å². The molecule has 0 unspecified atom stereocenters. The first-order chi connectivity index (χ1) is 8.97. The number of ether oxygens (including phenoxy) is 1. The number of aryl methyl sites for hydroxylation is 1. The first kappa shape index (κ1) is 14.1. The highest BCUT2D eigenvalue weighted by molar-refractivity contribution is 9.11. The summed E-state index contributed by atoms with van der Waals surface area (Å²) in [4.78, 5) is 10.8. The molecule has 1 N–H and O–H groups in total. The van der Waals surface area contributed by atoms with Gasteiger partial charge in [-0.2, -0.15) is 0 Å². The lowest BCUT2D eigenvalue weighted by molar-refractivity contribution is 0.0697. The number of carboxylic acids is 1. The number of hydrogen-bond acceptors (Lipinski definition) is 2. The van der Waals surface area contributed by atoms with Gasteiger partial charge < -0.3 is 9.84 Å². The van der Waals surface area contributed by atoms with Crippen molar-refractivity contribution < 1.29 is 14.6 Å². The maximum Gasteiger partial charge on any atom is 0.335 e. The predicted octanol–water partition coefficient (Wildman–Crippen LogP) is 5.01. The highest BCUT2D eigenvalue weighted by atomic mass is 79.9. The summed E-state index contributed by atoms with van der Waals surface area (Å²) < 4.78 is 7.19. The molecule has 0 amide bonds. The largest absolute Gasteiger partial charge is 0.478 e. The van der Waals surface area contributed by atoms with E-state index >= 15 is 0 Å². The first-order valence-corrected chi connectivity index (χ1v) is 7.03. The molecule has 0 aliphatic heterocycles. The Morgan fingerprint density at radius 2 is 1.63 bits per heavy atom. The fourth-order valence-corrected chi connectivity index (χ4v) is 2.56. The lowest BCUT2D eigenvalue weighted by Gasteiger charge is -2.10. The first-order valence-electron chi connectivity index (χ1n) is 5.44. The number of carboxylic acid groups (broad SMARTS) is 1. The monoisotopic (exact) mass is 384 g/mol. The van der Waals surface area contributed by atoms with Gasteiger partial charge in [-0.05, 0) is 74.7 Å². The van der Waals surface area contributed by atoms with Gasteiger partial charge in [-0.25, -0.2) is 4.79 Å².